The molecule has 0 aromatic heterocycles. The minimum absolute atomic E-state index is 0.833. The minimum atomic E-state index is 0.833. The van der Waals surface area contributed by atoms with Gasteiger partial charge in [-0.3, -0.25) is 0 Å². The van der Waals surface area contributed by atoms with E-state index < -0.39 is 0 Å². The highest BCUT2D eigenvalue weighted by atomic mass is 14.9. The van der Waals surface area contributed by atoms with Gasteiger partial charge in [0.2, 0.25) is 0 Å². The van der Waals surface area contributed by atoms with Crippen LogP contribution in [0.1, 0.15) is 39.5 Å². The largest absolute Gasteiger partial charge is 0.314 e. The topological polar surface area (TPSA) is 12.0 Å². The van der Waals surface area contributed by atoms with Crippen LogP contribution >= 0.6 is 0 Å². The van der Waals surface area contributed by atoms with Crippen molar-refractivity contribution >= 4 is 0 Å². The van der Waals surface area contributed by atoms with Crippen molar-refractivity contribution in [3.8, 4) is 0 Å². The second-order valence-electron chi connectivity index (χ2n) is 3.47. The molecular weight excluding hydrogens is 122 g/mol. The van der Waals surface area contributed by atoms with Gasteiger partial charge in [0.1, 0.15) is 0 Å². The van der Waals surface area contributed by atoms with Gasteiger partial charge >= 0.3 is 0 Å². The Morgan fingerprint density at radius 3 is 2.90 bits per heavy atom. The standard InChI is InChI=1S/C9H19N/c1-3-5-8(2)9-6-4-7-10-9/h8-10H,3-7H2,1-2H3. The van der Waals surface area contributed by atoms with E-state index in [2.05, 4.69) is 19.2 Å². The van der Waals surface area contributed by atoms with Crippen molar-refractivity contribution in [2.45, 2.75) is 45.6 Å². The molecule has 1 rings (SSSR count). The second kappa shape index (κ2) is 3.97. The van der Waals surface area contributed by atoms with E-state index in [1.807, 2.05) is 0 Å². The lowest BCUT2D eigenvalue weighted by Gasteiger charge is -2.17. The Kier molecular flexibility index (Phi) is 3.20. The van der Waals surface area contributed by atoms with Crippen molar-refractivity contribution in [1.29, 1.82) is 0 Å². The van der Waals surface area contributed by atoms with E-state index in [9.17, 15) is 0 Å². The molecule has 60 valence electrons. The second-order valence-corrected chi connectivity index (χ2v) is 3.47. The van der Waals surface area contributed by atoms with Gasteiger partial charge in [0.15, 0.2) is 0 Å². The maximum absolute atomic E-state index is 3.54. The summed E-state index contributed by atoms with van der Waals surface area (Å²) in [4.78, 5) is 0. The van der Waals surface area contributed by atoms with Crippen LogP contribution in [0.3, 0.4) is 0 Å². The Bertz CT molecular complexity index is 84.7. The van der Waals surface area contributed by atoms with Gasteiger partial charge in [-0.05, 0) is 31.7 Å². The van der Waals surface area contributed by atoms with E-state index in [0.29, 0.717) is 0 Å². The third-order valence-corrected chi connectivity index (χ3v) is 2.53. The average molecular weight is 141 g/mol. The monoisotopic (exact) mass is 141 g/mol. The van der Waals surface area contributed by atoms with Crippen LogP contribution in [-0.4, -0.2) is 12.6 Å². The molecule has 1 aliphatic rings. The fraction of sp³-hybridized carbons (Fsp3) is 1.00. The highest BCUT2D eigenvalue weighted by molar-refractivity contribution is 4.78. The molecule has 1 heterocycles. The molecule has 2 atom stereocenters. The first kappa shape index (κ1) is 8.06. The van der Waals surface area contributed by atoms with Crippen LogP contribution in [0.25, 0.3) is 0 Å². The van der Waals surface area contributed by atoms with E-state index in [1.54, 1.807) is 0 Å². The van der Waals surface area contributed by atoms with Crippen LogP contribution in [0.2, 0.25) is 0 Å². The summed E-state index contributed by atoms with van der Waals surface area (Å²) < 4.78 is 0. The van der Waals surface area contributed by atoms with E-state index in [-0.39, 0.29) is 0 Å². The fourth-order valence-corrected chi connectivity index (χ4v) is 1.85. The van der Waals surface area contributed by atoms with Crippen LogP contribution in [0, 0.1) is 5.92 Å². The van der Waals surface area contributed by atoms with Crippen molar-refractivity contribution in [2.24, 2.45) is 5.92 Å². The van der Waals surface area contributed by atoms with Crippen molar-refractivity contribution in [1.82, 2.24) is 5.32 Å². The molecule has 0 bridgehead atoms. The summed E-state index contributed by atoms with van der Waals surface area (Å²) in [5, 5.41) is 3.54. The fourth-order valence-electron chi connectivity index (χ4n) is 1.85. The summed E-state index contributed by atoms with van der Waals surface area (Å²) in [6, 6.07) is 0.833. The highest BCUT2D eigenvalue weighted by Gasteiger charge is 2.19. The summed E-state index contributed by atoms with van der Waals surface area (Å²) in [7, 11) is 0. The molecule has 0 aromatic carbocycles. The van der Waals surface area contributed by atoms with E-state index in [1.165, 1.54) is 32.2 Å². The van der Waals surface area contributed by atoms with Crippen molar-refractivity contribution < 1.29 is 0 Å². The van der Waals surface area contributed by atoms with E-state index in [4.69, 9.17) is 0 Å². The Morgan fingerprint density at radius 1 is 1.60 bits per heavy atom. The van der Waals surface area contributed by atoms with Crippen LogP contribution in [0.5, 0.6) is 0 Å². The summed E-state index contributed by atoms with van der Waals surface area (Å²) in [6.45, 7) is 5.89. The quantitative estimate of drug-likeness (QED) is 0.635. The maximum Gasteiger partial charge on any atom is 0.00931 e. The molecule has 1 fully saturated rings. The van der Waals surface area contributed by atoms with Crippen LogP contribution in [0.15, 0.2) is 0 Å². The molecule has 0 amide bonds. The third kappa shape index (κ3) is 1.98. The average Bonchev–Trinajstić information content (AvgIpc) is 2.38. The molecule has 0 saturated carbocycles. The summed E-state index contributed by atoms with van der Waals surface area (Å²) in [5.74, 6) is 0.896. The molecule has 1 saturated heterocycles. The van der Waals surface area contributed by atoms with Crippen LogP contribution in [0.4, 0.5) is 0 Å². The van der Waals surface area contributed by atoms with Crippen molar-refractivity contribution in [3.63, 3.8) is 0 Å². The molecule has 1 nitrogen and oxygen atoms in total. The number of nitrogens with one attached hydrogen (secondary N) is 1. The molecule has 0 aliphatic carbocycles. The van der Waals surface area contributed by atoms with Gasteiger partial charge < -0.3 is 5.32 Å². The molecule has 0 radical (unpaired) electrons. The van der Waals surface area contributed by atoms with Gasteiger partial charge in [0.05, 0.1) is 0 Å². The predicted octanol–water partition coefficient (Wildman–Crippen LogP) is 2.17. The first-order valence-corrected chi connectivity index (χ1v) is 4.58. The molecule has 1 heteroatoms. The molecule has 10 heavy (non-hydrogen) atoms. The minimum Gasteiger partial charge on any atom is -0.314 e. The number of rotatable bonds is 3. The van der Waals surface area contributed by atoms with Crippen LogP contribution in [-0.2, 0) is 0 Å². The summed E-state index contributed by atoms with van der Waals surface area (Å²) >= 11 is 0. The lowest BCUT2D eigenvalue weighted by Crippen LogP contribution is -2.28. The molecule has 0 aromatic rings. The third-order valence-electron chi connectivity index (χ3n) is 2.53. The molecule has 1 N–H and O–H groups in total. The molecular formula is C9H19N. The van der Waals surface area contributed by atoms with Gasteiger partial charge in [0, 0.05) is 6.04 Å². The smallest absolute Gasteiger partial charge is 0.00931 e. The first-order chi connectivity index (χ1) is 4.84. The Balaban J connectivity index is 2.18. The Morgan fingerprint density at radius 2 is 2.40 bits per heavy atom. The van der Waals surface area contributed by atoms with Gasteiger partial charge in [-0.25, -0.2) is 0 Å². The lowest BCUT2D eigenvalue weighted by molar-refractivity contribution is 0.392. The first-order valence-electron chi connectivity index (χ1n) is 4.58. The van der Waals surface area contributed by atoms with Crippen molar-refractivity contribution in [2.75, 3.05) is 6.54 Å². The Hall–Kier alpha value is -0.0400. The maximum atomic E-state index is 3.54. The summed E-state index contributed by atoms with van der Waals surface area (Å²) in [5.41, 5.74) is 0. The summed E-state index contributed by atoms with van der Waals surface area (Å²) in [6.07, 6.45) is 5.51. The predicted molar refractivity (Wildman–Crippen MR) is 45.1 cm³/mol. The molecule has 1 aliphatic heterocycles. The van der Waals surface area contributed by atoms with E-state index in [0.717, 1.165) is 12.0 Å². The van der Waals surface area contributed by atoms with Gasteiger partial charge in [-0.2, -0.15) is 0 Å². The highest BCUT2D eigenvalue weighted by Crippen LogP contribution is 2.18. The van der Waals surface area contributed by atoms with Crippen molar-refractivity contribution in [3.05, 3.63) is 0 Å². The number of hydrogen-bond acceptors (Lipinski definition) is 1. The SMILES string of the molecule is CCCC(C)C1CCCN1. The normalized spacial score (nSPS) is 28.8. The zero-order valence-electron chi connectivity index (χ0n) is 7.19. The zero-order valence-corrected chi connectivity index (χ0v) is 7.19. The van der Waals surface area contributed by atoms with E-state index >= 15 is 0 Å². The zero-order chi connectivity index (χ0) is 7.40. The number of hydrogen-bond donors (Lipinski definition) is 1. The Labute approximate surface area is 64.2 Å². The van der Waals surface area contributed by atoms with Gasteiger partial charge in [0.25, 0.3) is 0 Å². The van der Waals surface area contributed by atoms with Gasteiger partial charge in [-0.1, -0.05) is 20.3 Å². The van der Waals surface area contributed by atoms with Gasteiger partial charge in [-0.15, -0.1) is 0 Å². The van der Waals surface area contributed by atoms with Crippen LogP contribution < -0.4 is 5.32 Å². The lowest BCUT2D eigenvalue weighted by atomic mass is 9.96. The molecule has 0 spiro atoms. The molecule has 2 unspecified atom stereocenters.